The van der Waals surface area contributed by atoms with E-state index < -0.39 is 0 Å². The van der Waals surface area contributed by atoms with Gasteiger partial charge in [-0.15, -0.1) is 0 Å². The topological polar surface area (TPSA) is 56.1 Å². The number of rotatable bonds is 9. The predicted molar refractivity (Wildman–Crippen MR) is 109 cm³/mol. The van der Waals surface area contributed by atoms with Gasteiger partial charge in [-0.3, -0.25) is 10.1 Å². The maximum Gasteiger partial charge on any atom is 0.227 e. The molecule has 6 heteroatoms. The highest BCUT2D eigenvalue weighted by molar-refractivity contribution is 6.30. The van der Waals surface area contributed by atoms with Crippen molar-refractivity contribution in [3.05, 3.63) is 59.1 Å². The molecule has 0 saturated heterocycles. The average molecular weight is 386 g/mol. The van der Waals surface area contributed by atoms with E-state index in [2.05, 4.69) is 10.3 Å². The monoisotopic (exact) mass is 385 g/mol. The Labute approximate surface area is 164 Å². The largest absolute Gasteiger partial charge is 0.382 e. The molecule has 2 aromatic carbocycles. The van der Waals surface area contributed by atoms with Crippen molar-refractivity contribution in [1.82, 2.24) is 9.55 Å². The van der Waals surface area contributed by atoms with Crippen LogP contribution in [0.5, 0.6) is 0 Å². The number of anilines is 1. The van der Waals surface area contributed by atoms with Crippen LogP contribution >= 0.6 is 11.6 Å². The molecule has 1 aromatic heterocycles. The number of fused-ring (bicyclic) bond motifs is 1. The number of carbonyl (C=O) groups is 1. The second kappa shape index (κ2) is 9.53. The Morgan fingerprint density at radius 1 is 1.22 bits per heavy atom. The molecule has 142 valence electrons. The molecular weight excluding hydrogens is 362 g/mol. The van der Waals surface area contributed by atoms with Gasteiger partial charge in [0.25, 0.3) is 0 Å². The minimum Gasteiger partial charge on any atom is -0.382 e. The first-order valence-corrected chi connectivity index (χ1v) is 9.62. The molecule has 5 nitrogen and oxygen atoms in total. The Morgan fingerprint density at radius 2 is 2.07 bits per heavy atom. The number of ether oxygens (including phenoxy) is 1. The maximum absolute atomic E-state index is 12.5. The van der Waals surface area contributed by atoms with E-state index >= 15 is 0 Å². The molecule has 0 radical (unpaired) electrons. The molecule has 1 amide bonds. The fourth-order valence-electron chi connectivity index (χ4n) is 3.00. The van der Waals surface area contributed by atoms with Crippen LogP contribution in [0.2, 0.25) is 5.02 Å². The number of amides is 1. The van der Waals surface area contributed by atoms with Crippen molar-refractivity contribution in [2.24, 2.45) is 0 Å². The summed E-state index contributed by atoms with van der Waals surface area (Å²) < 4.78 is 7.48. The Balaban J connectivity index is 1.68. The summed E-state index contributed by atoms with van der Waals surface area (Å²) in [6.07, 6.45) is 1.87. The van der Waals surface area contributed by atoms with Gasteiger partial charge in [-0.2, -0.15) is 0 Å². The van der Waals surface area contributed by atoms with Gasteiger partial charge < -0.3 is 9.30 Å². The van der Waals surface area contributed by atoms with E-state index in [0.29, 0.717) is 37.0 Å². The third-order valence-electron chi connectivity index (χ3n) is 4.31. The summed E-state index contributed by atoms with van der Waals surface area (Å²) in [7, 11) is 0. The van der Waals surface area contributed by atoms with Gasteiger partial charge in [0.15, 0.2) is 0 Å². The molecule has 3 aromatic rings. The zero-order valence-electron chi connectivity index (χ0n) is 15.5. The molecule has 0 spiro atoms. The van der Waals surface area contributed by atoms with Crippen molar-refractivity contribution >= 4 is 34.5 Å². The zero-order chi connectivity index (χ0) is 19.1. The third-order valence-corrected chi connectivity index (χ3v) is 4.55. The molecule has 0 fully saturated rings. The Hall–Kier alpha value is -2.37. The van der Waals surface area contributed by atoms with Crippen LogP contribution in [0.4, 0.5) is 5.95 Å². The van der Waals surface area contributed by atoms with Crippen molar-refractivity contribution in [3.8, 4) is 0 Å². The number of nitrogens with one attached hydrogen (secondary N) is 1. The molecule has 0 aliphatic heterocycles. The lowest BCUT2D eigenvalue weighted by Crippen LogP contribution is -2.17. The molecule has 27 heavy (non-hydrogen) atoms. The molecule has 0 atom stereocenters. The number of hydrogen-bond donors (Lipinski definition) is 1. The van der Waals surface area contributed by atoms with E-state index in [9.17, 15) is 4.79 Å². The summed E-state index contributed by atoms with van der Waals surface area (Å²) in [5, 5.41) is 3.65. The summed E-state index contributed by atoms with van der Waals surface area (Å²) in [6, 6.07) is 15.5. The van der Waals surface area contributed by atoms with Crippen LogP contribution in [-0.4, -0.2) is 28.7 Å². The highest BCUT2D eigenvalue weighted by Gasteiger charge is 2.13. The van der Waals surface area contributed by atoms with Gasteiger partial charge in [0, 0.05) is 31.2 Å². The number of imidazole rings is 1. The number of aromatic nitrogens is 2. The lowest BCUT2D eigenvalue weighted by atomic mass is 10.1. The van der Waals surface area contributed by atoms with E-state index in [4.69, 9.17) is 16.3 Å². The van der Waals surface area contributed by atoms with Gasteiger partial charge in [0.2, 0.25) is 11.9 Å². The highest BCUT2D eigenvalue weighted by atomic mass is 35.5. The van der Waals surface area contributed by atoms with Gasteiger partial charge >= 0.3 is 0 Å². The van der Waals surface area contributed by atoms with Crippen LogP contribution in [0.1, 0.15) is 25.3 Å². The van der Waals surface area contributed by atoms with E-state index in [-0.39, 0.29) is 5.91 Å². The number of halogens is 1. The van der Waals surface area contributed by atoms with E-state index in [1.807, 2.05) is 60.0 Å². The number of hydrogen-bond acceptors (Lipinski definition) is 3. The van der Waals surface area contributed by atoms with Gasteiger partial charge in [0.1, 0.15) is 0 Å². The number of aryl methyl sites for hydroxylation is 2. The smallest absolute Gasteiger partial charge is 0.227 e. The van der Waals surface area contributed by atoms with Crippen LogP contribution in [0.15, 0.2) is 48.5 Å². The summed E-state index contributed by atoms with van der Waals surface area (Å²) in [5.74, 6) is 0.528. The molecule has 0 aliphatic rings. The van der Waals surface area contributed by atoms with E-state index in [1.54, 1.807) is 0 Å². The van der Waals surface area contributed by atoms with Crippen molar-refractivity contribution in [1.29, 1.82) is 0 Å². The third kappa shape index (κ3) is 5.31. The average Bonchev–Trinajstić information content (AvgIpc) is 3.01. The quantitative estimate of drug-likeness (QED) is 0.544. The SMILES string of the molecule is CCOCCCn1c(NC(=O)CCc2cccc(Cl)c2)nc2ccccc21. The zero-order valence-corrected chi connectivity index (χ0v) is 16.2. The minimum atomic E-state index is -0.0589. The first kappa shape index (κ1) is 19.4. The van der Waals surface area contributed by atoms with Gasteiger partial charge in [0.05, 0.1) is 11.0 Å². The number of nitrogens with zero attached hydrogens (tertiary/aromatic N) is 2. The lowest BCUT2D eigenvalue weighted by molar-refractivity contribution is -0.116. The maximum atomic E-state index is 12.5. The van der Waals surface area contributed by atoms with E-state index in [0.717, 1.165) is 29.6 Å². The Morgan fingerprint density at radius 3 is 2.89 bits per heavy atom. The molecule has 3 rings (SSSR count). The molecule has 1 heterocycles. The van der Waals surface area contributed by atoms with Gasteiger partial charge in [-0.05, 0) is 49.6 Å². The fraction of sp³-hybridized carbons (Fsp3) is 0.333. The summed E-state index contributed by atoms with van der Waals surface area (Å²) in [6.45, 7) is 4.12. The van der Waals surface area contributed by atoms with Gasteiger partial charge in [-0.25, -0.2) is 4.98 Å². The van der Waals surface area contributed by atoms with Crippen molar-refractivity contribution in [3.63, 3.8) is 0 Å². The molecular formula is C21H24ClN3O2. The molecule has 0 unspecified atom stereocenters. The first-order valence-electron chi connectivity index (χ1n) is 9.24. The van der Waals surface area contributed by atoms with Crippen LogP contribution in [0.3, 0.4) is 0 Å². The second-order valence-electron chi connectivity index (χ2n) is 6.30. The lowest BCUT2D eigenvalue weighted by Gasteiger charge is -2.10. The number of para-hydroxylation sites is 2. The molecule has 0 bridgehead atoms. The Kier molecular flexibility index (Phi) is 6.85. The van der Waals surface area contributed by atoms with Crippen molar-refractivity contribution < 1.29 is 9.53 Å². The summed E-state index contributed by atoms with van der Waals surface area (Å²) in [5.41, 5.74) is 2.93. The van der Waals surface area contributed by atoms with Crippen LogP contribution < -0.4 is 5.32 Å². The normalized spacial score (nSPS) is 11.0. The van der Waals surface area contributed by atoms with Crippen molar-refractivity contribution in [2.45, 2.75) is 32.7 Å². The summed E-state index contributed by atoms with van der Waals surface area (Å²) in [4.78, 5) is 17.0. The molecule has 0 saturated carbocycles. The molecule has 0 aliphatic carbocycles. The number of benzene rings is 2. The predicted octanol–water partition coefficient (Wildman–Crippen LogP) is 4.69. The van der Waals surface area contributed by atoms with Crippen LogP contribution in [-0.2, 0) is 22.5 Å². The van der Waals surface area contributed by atoms with Crippen LogP contribution in [0, 0.1) is 0 Å². The fourth-order valence-corrected chi connectivity index (χ4v) is 3.22. The summed E-state index contributed by atoms with van der Waals surface area (Å²) >= 11 is 6.00. The Bertz CT molecular complexity index is 907. The van der Waals surface area contributed by atoms with E-state index in [1.165, 1.54) is 0 Å². The molecule has 1 N–H and O–H groups in total. The van der Waals surface area contributed by atoms with Crippen molar-refractivity contribution in [2.75, 3.05) is 18.5 Å². The highest BCUT2D eigenvalue weighted by Crippen LogP contribution is 2.20. The first-order chi connectivity index (χ1) is 13.2. The second-order valence-corrected chi connectivity index (χ2v) is 6.74. The van der Waals surface area contributed by atoms with Crippen LogP contribution in [0.25, 0.3) is 11.0 Å². The number of carbonyl (C=O) groups excluding carboxylic acids is 1. The standard InChI is InChI=1S/C21H24ClN3O2/c1-2-27-14-6-13-25-19-10-4-3-9-18(19)23-21(25)24-20(26)12-11-16-7-5-8-17(22)15-16/h3-5,7-10,15H,2,6,11-14H2,1H3,(H,23,24,26). The van der Waals surface area contributed by atoms with Gasteiger partial charge in [-0.1, -0.05) is 35.9 Å². The minimum absolute atomic E-state index is 0.0589.